The number of hydrogen-bond donors (Lipinski definition) is 0. The lowest BCUT2D eigenvalue weighted by molar-refractivity contribution is 0.0463. The Balaban J connectivity index is 1.71. The third kappa shape index (κ3) is 4.09. The van der Waals surface area contributed by atoms with E-state index in [1.165, 1.54) is 33.5 Å². The Labute approximate surface area is 162 Å². The molecule has 7 nitrogen and oxygen atoms in total. The van der Waals surface area contributed by atoms with Gasteiger partial charge in [-0.15, -0.1) is 0 Å². The molecule has 28 heavy (non-hydrogen) atoms. The van der Waals surface area contributed by atoms with Gasteiger partial charge in [-0.3, -0.25) is 0 Å². The number of aromatic nitrogens is 1. The minimum atomic E-state index is -0.542. The van der Waals surface area contributed by atoms with E-state index in [0.29, 0.717) is 28.7 Å². The van der Waals surface area contributed by atoms with Crippen molar-refractivity contribution in [1.29, 1.82) is 0 Å². The highest BCUT2D eigenvalue weighted by atomic mass is 16.5. The van der Waals surface area contributed by atoms with Gasteiger partial charge in [-0.05, 0) is 19.1 Å². The largest absolute Gasteiger partial charge is 0.493 e. The first-order valence-corrected chi connectivity index (χ1v) is 8.55. The molecule has 1 heterocycles. The highest BCUT2D eigenvalue weighted by Crippen LogP contribution is 2.38. The number of ether oxygens (including phenoxy) is 4. The standard InChI is InChI=1S/C21H21NO6/c1-13-5-7-14(8-6-13)17-11-16(22-28-17)12-27-21(23)15-9-18(24-2)20(26-4)19(10-15)25-3/h5-11H,12H2,1-4H3. The highest BCUT2D eigenvalue weighted by Gasteiger charge is 2.18. The maximum Gasteiger partial charge on any atom is 0.338 e. The number of aryl methyl sites for hydroxylation is 1. The Kier molecular flexibility index (Phi) is 5.84. The fraction of sp³-hybridized carbons (Fsp3) is 0.238. The summed E-state index contributed by atoms with van der Waals surface area (Å²) in [4.78, 5) is 12.4. The van der Waals surface area contributed by atoms with Crippen LogP contribution in [0.25, 0.3) is 11.3 Å². The maximum atomic E-state index is 12.4. The van der Waals surface area contributed by atoms with Gasteiger partial charge in [0.2, 0.25) is 5.75 Å². The van der Waals surface area contributed by atoms with E-state index < -0.39 is 5.97 Å². The van der Waals surface area contributed by atoms with E-state index >= 15 is 0 Å². The number of esters is 1. The van der Waals surface area contributed by atoms with Gasteiger partial charge < -0.3 is 23.5 Å². The quantitative estimate of drug-likeness (QED) is 0.570. The van der Waals surface area contributed by atoms with Crippen molar-refractivity contribution in [3.63, 3.8) is 0 Å². The van der Waals surface area contributed by atoms with E-state index in [2.05, 4.69) is 5.16 Å². The normalized spacial score (nSPS) is 10.4. The smallest absolute Gasteiger partial charge is 0.338 e. The maximum absolute atomic E-state index is 12.4. The Morgan fingerprint density at radius 1 is 0.964 bits per heavy atom. The van der Waals surface area contributed by atoms with Gasteiger partial charge in [-0.1, -0.05) is 35.0 Å². The summed E-state index contributed by atoms with van der Waals surface area (Å²) in [6.07, 6.45) is 0. The summed E-state index contributed by atoms with van der Waals surface area (Å²) in [5.41, 5.74) is 2.84. The topological polar surface area (TPSA) is 80.0 Å². The molecule has 3 rings (SSSR count). The molecule has 146 valence electrons. The molecule has 7 heteroatoms. The van der Waals surface area contributed by atoms with Gasteiger partial charge in [0.25, 0.3) is 0 Å². The summed E-state index contributed by atoms with van der Waals surface area (Å²) >= 11 is 0. The molecule has 1 aromatic heterocycles. The van der Waals surface area contributed by atoms with Crippen LogP contribution in [0.5, 0.6) is 17.2 Å². The van der Waals surface area contributed by atoms with Crippen molar-refractivity contribution in [2.45, 2.75) is 13.5 Å². The summed E-state index contributed by atoms with van der Waals surface area (Å²) in [6, 6.07) is 12.7. The molecule has 0 aliphatic rings. The van der Waals surface area contributed by atoms with Crippen LogP contribution in [0.1, 0.15) is 21.6 Å². The first kappa shape index (κ1) is 19.3. The second kappa shape index (κ2) is 8.47. The first-order chi connectivity index (χ1) is 13.5. The number of methoxy groups -OCH3 is 3. The molecule has 2 aromatic carbocycles. The zero-order valence-electron chi connectivity index (χ0n) is 16.1. The Hall–Kier alpha value is -3.48. The monoisotopic (exact) mass is 383 g/mol. The zero-order valence-corrected chi connectivity index (χ0v) is 16.1. The van der Waals surface area contributed by atoms with Crippen LogP contribution in [-0.2, 0) is 11.3 Å². The summed E-state index contributed by atoms with van der Waals surface area (Å²) in [5, 5.41) is 3.95. The van der Waals surface area contributed by atoms with E-state index in [9.17, 15) is 4.79 Å². The molecule has 0 aliphatic carbocycles. The van der Waals surface area contributed by atoms with Crippen molar-refractivity contribution in [2.75, 3.05) is 21.3 Å². The predicted molar refractivity (Wildman–Crippen MR) is 102 cm³/mol. The van der Waals surface area contributed by atoms with E-state index in [1.807, 2.05) is 31.2 Å². The molecule has 0 spiro atoms. The van der Waals surface area contributed by atoms with Gasteiger partial charge in [-0.2, -0.15) is 0 Å². The number of carbonyl (C=O) groups excluding carboxylic acids is 1. The SMILES string of the molecule is COc1cc(C(=O)OCc2cc(-c3ccc(C)cc3)on2)cc(OC)c1OC. The second-order valence-electron chi connectivity index (χ2n) is 6.04. The molecule has 0 fully saturated rings. The number of benzene rings is 2. The van der Waals surface area contributed by atoms with Crippen molar-refractivity contribution in [3.8, 4) is 28.6 Å². The Morgan fingerprint density at radius 2 is 1.61 bits per heavy atom. The number of rotatable bonds is 7. The van der Waals surface area contributed by atoms with E-state index in [-0.39, 0.29) is 12.2 Å². The fourth-order valence-electron chi connectivity index (χ4n) is 2.66. The second-order valence-corrected chi connectivity index (χ2v) is 6.04. The molecule has 0 N–H and O–H groups in total. The summed E-state index contributed by atoms with van der Waals surface area (Å²) in [5.74, 6) is 1.22. The van der Waals surface area contributed by atoms with Gasteiger partial charge >= 0.3 is 5.97 Å². The number of nitrogens with zero attached hydrogens (tertiary/aromatic N) is 1. The molecule has 0 bridgehead atoms. The summed E-state index contributed by atoms with van der Waals surface area (Å²) in [6.45, 7) is 1.99. The van der Waals surface area contributed by atoms with Crippen molar-refractivity contribution < 1.29 is 28.3 Å². The molecular weight excluding hydrogens is 362 g/mol. The van der Waals surface area contributed by atoms with E-state index in [1.54, 1.807) is 6.07 Å². The van der Waals surface area contributed by atoms with Crippen LogP contribution in [0.3, 0.4) is 0 Å². The lowest BCUT2D eigenvalue weighted by atomic mass is 10.1. The van der Waals surface area contributed by atoms with Crippen LogP contribution < -0.4 is 14.2 Å². The summed E-state index contributed by atoms with van der Waals surface area (Å²) in [7, 11) is 4.46. The third-order valence-electron chi connectivity index (χ3n) is 4.15. The third-order valence-corrected chi connectivity index (χ3v) is 4.15. The average molecular weight is 383 g/mol. The van der Waals surface area contributed by atoms with Crippen LogP contribution >= 0.6 is 0 Å². The number of hydrogen-bond acceptors (Lipinski definition) is 7. The summed E-state index contributed by atoms with van der Waals surface area (Å²) < 4.78 is 26.4. The molecule has 0 amide bonds. The molecular formula is C21H21NO6. The van der Waals surface area contributed by atoms with Crippen LogP contribution in [0.15, 0.2) is 47.0 Å². The van der Waals surface area contributed by atoms with Crippen LogP contribution in [0.4, 0.5) is 0 Å². The minimum absolute atomic E-state index is 0.0230. The van der Waals surface area contributed by atoms with Gasteiger partial charge in [0.15, 0.2) is 17.3 Å². The van der Waals surface area contributed by atoms with Gasteiger partial charge in [0, 0.05) is 11.6 Å². The highest BCUT2D eigenvalue weighted by molar-refractivity contribution is 5.91. The van der Waals surface area contributed by atoms with Crippen molar-refractivity contribution >= 4 is 5.97 Å². The predicted octanol–water partition coefficient (Wildman–Crippen LogP) is 4.03. The van der Waals surface area contributed by atoms with Crippen molar-refractivity contribution in [3.05, 3.63) is 59.3 Å². The fourth-order valence-corrected chi connectivity index (χ4v) is 2.66. The molecule has 0 radical (unpaired) electrons. The van der Waals surface area contributed by atoms with Gasteiger partial charge in [0.05, 0.1) is 26.9 Å². The van der Waals surface area contributed by atoms with Crippen molar-refractivity contribution in [1.82, 2.24) is 5.16 Å². The Bertz CT molecular complexity index is 936. The molecule has 0 saturated heterocycles. The first-order valence-electron chi connectivity index (χ1n) is 8.55. The number of carbonyl (C=O) groups is 1. The van der Waals surface area contributed by atoms with Crippen LogP contribution in [0.2, 0.25) is 0 Å². The Morgan fingerprint density at radius 3 is 2.18 bits per heavy atom. The lowest BCUT2D eigenvalue weighted by Crippen LogP contribution is -2.07. The minimum Gasteiger partial charge on any atom is -0.493 e. The molecule has 0 saturated carbocycles. The van der Waals surface area contributed by atoms with Crippen LogP contribution in [-0.4, -0.2) is 32.5 Å². The van der Waals surface area contributed by atoms with Crippen LogP contribution in [0, 0.1) is 6.92 Å². The molecule has 0 aliphatic heterocycles. The van der Waals surface area contributed by atoms with Gasteiger partial charge in [0.1, 0.15) is 12.3 Å². The van der Waals surface area contributed by atoms with E-state index in [0.717, 1.165) is 11.1 Å². The average Bonchev–Trinajstić information content (AvgIpc) is 3.20. The van der Waals surface area contributed by atoms with Crippen molar-refractivity contribution in [2.24, 2.45) is 0 Å². The van der Waals surface area contributed by atoms with Gasteiger partial charge in [-0.25, -0.2) is 4.79 Å². The molecule has 0 unspecified atom stereocenters. The van der Waals surface area contributed by atoms with E-state index in [4.69, 9.17) is 23.5 Å². The molecule has 3 aromatic rings. The molecule has 0 atom stereocenters. The lowest BCUT2D eigenvalue weighted by Gasteiger charge is -2.13. The zero-order chi connectivity index (χ0) is 20.1.